The lowest BCUT2D eigenvalue weighted by molar-refractivity contribution is 0.215. The number of carbonyl (C=O) groups is 1. The van der Waals surface area contributed by atoms with Gasteiger partial charge >= 0.3 is 6.09 Å². The van der Waals surface area contributed by atoms with Crippen LogP contribution in [0.2, 0.25) is 10.0 Å². The lowest BCUT2D eigenvalue weighted by atomic mass is 10.1. The van der Waals surface area contributed by atoms with Crippen molar-refractivity contribution in [2.24, 2.45) is 0 Å². The molecule has 0 atom stereocenters. The zero-order valence-corrected chi connectivity index (χ0v) is 14.4. The fourth-order valence-electron chi connectivity index (χ4n) is 1.69. The first-order valence-electron chi connectivity index (χ1n) is 6.07. The van der Waals surface area contributed by atoms with Crippen LogP contribution in [0.15, 0.2) is 34.8 Å². The molecule has 0 unspecified atom stereocenters. The first kappa shape index (κ1) is 16.1. The summed E-state index contributed by atoms with van der Waals surface area (Å²) in [5, 5.41) is 3.44. The van der Waals surface area contributed by atoms with Gasteiger partial charge in [-0.25, -0.2) is 4.79 Å². The number of carbonyl (C=O) groups excluding carboxylic acids is 1. The van der Waals surface area contributed by atoms with E-state index in [9.17, 15) is 4.79 Å². The smallest absolute Gasteiger partial charge is 0.410 e. The molecular weight excluding hydrogens is 377 g/mol. The van der Waals surface area contributed by atoms with Gasteiger partial charge in [0, 0.05) is 9.50 Å². The molecule has 1 N–H and O–H groups in total. The molecule has 21 heavy (non-hydrogen) atoms. The Hall–Kier alpha value is -1.23. The van der Waals surface area contributed by atoms with E-state index in [4.69, 9.17) is 27.9 Å². The molecule has 1 amide bonds. The van der Waals surface area contributed by atoms with E-state index in [0.29, 0.717) is 21.5 Å². The Morgan fingerprint density at radius 2 is 1.86 bits per heavy atom. The highest BCUT2D eigenvalue weighted by Gasteiger charge is 2.11. The van der Waals surface area contributed by atoms with E-state index >= 15 is 0 Å². The fraction of sp³-hybridized carbons (Fsp3) is 0.133. The van der Waals surface area contributed by atoms with Crippen LogP contribution in [0.25, 0.3) is 0 Å². The minimum absolute atomic E-state index is 0.389. The summed E-state index contributed by atoms with van der Waals surface area (Å²) in [6, 6.07) is 8.49. The molecule has 2 aromatic rings. The van der Waals surface area contributed by atoms with E-state index in [2.05, 4.69) is 21.2 Å². The zero-order valence-electron chi connectivity index (χ0n) is 11.3. The third-order valence-corrected chi connectivity index (χ3v) is 4.24. The predicted octanol–water partition coefficient (Wildman–Crippen LogP) is 5.98. The summed E-state index contributed by atoms with van der Waals surface area (Å²) in [5.74, 6) is 0.492. The van der Waals surface area contributed by atoms with Crippen molar-refractivity contribution in [1.82, 2.24) is 0 Å². The number of aryl methyl sites for hydroxylation is 2. The number of amides is 1. The fourth-order valence-corrected chi connectivity index (χ4v) is 2.49. The van der Waals surface area contributed by atoms with E-state index in [-0.39, 0.29) is 0 Å². The van der Waals surface area contributed by atoms with Gasteiger partial charge in [0.25, 0.3) is 0 Å². The van der Waals surface area contributed by atoms with Crippen molar-refractivity contribution >= 4 is 50.9 Å². The number of anilines is 1. The predicted molar refractivity (Wildman–Crippen MR) is 89.7 cm³/mol. The normalized spacial score (nSPS) is 10.3. The number of rotatable bonds is 2. The van der Waals surface area contributed by atoms with Crippen molar-refractivity contribution in [2.45, 2.75) is 13.8 Å². The highest BCUT2D eigenvalue weighted by Crippen LogP contribution is 2.28. The Balaban J connectivity index is 2.15. The molecule has 0 saturated carbocycles. The van der Waals surface area contributed by atoms with Gasteiger partial charge in [-0.15, -0.1) is 0 Å². The van der Waals surface area contributed by atoms with Crippen LogP contribution >= 0.6 is 39.1 Å². The summed E-state index contributed by atoms with van der Waals surface area (Å²) in [6.07, 6.45) is -0.621. The summed E-state index contributed by atoms with van der Waals surface area (Å²) in [6.45, 7) is 3.78. The van der Waals surface area contributed by atoms with Crippen LogP contribution in [-0.2, 0) is 0 Å². The molecule has 0 aliphatic rings. The third kappa shape index (κ3) is 4.13. The molecule has 0 saturated heterocycles. The van der Waals surface area contributed by atoms with E-state index in [0.717, 1.165) is 15.6 Å². The molecule has 0 fully saturated rings. The zero-order chi connectivity index (χ0) is 15.6. The van der Waals surface area contributed by atoms with Crippen molar-refractivity contribution in [2.75, 3.05) is 5.32 Å². The summed E-state index contributed by atoms with van der Waals surface area (Å²) in [7, 11) is 0. The SMILES string of the molecule is Cc1cc(OC(=O)Nc2cc(Cl)ccc2Cl)c(C)cc1Br. The van der Waals surface area contributed by atoms with Crippen molar-refractivity contribution in [3.8, 4) is 5.75 Å². The first-order chi connectivity index (χ1) is 9.86. The van der Waals surface area contributed by atoms with Crippen molar-refractivity contribution < 1.29 is 9.53 Å². The van der Waals surface area contributed by atoms with Gasteiger partial charge in [0.05, 0.1) is 10.7 Å². The van der Waals surface area contributed by atoms with Crippen LogP contribution in [0.1, 0.15) is 11.1 Å². The minimum Gasteiger partial charge on any atom is -0.410 e. The summed E-state index contributed by atoms with van der Waals surface area (Å²) < 4.78 is 6.27. The summed E-state index contributed by atoms with van der Waals surface area (Å²) in [4.78, 5) is 11.9. The number of ether oxygens (including phenoxy) is 1. The monoisotopic (exact) mass is 387 g/mol. The van der Waals surface area contributed by atoms with Gasteiger partial charge in [-0.3, -0.25) is 5.32 Å². The second-order valence-corrected chi connectivity index (χ2v) is 6.20. The molecule has 2 aromatic carbocycles. The van der Waals surface area contributed by atoms with Crippen molar-refractivity contribution in [3.05, 3.63) is 56.0 Å². The maximum Gasteiger partial charge on any atom is 0.417 e. The molecule has 0 aromatic heterocycles. The number of nitrogens with one attached hydrogen (secondary N) is 1. The molecule has 0 heterocycles. The van der Waals surface area contributed by atoms with Gasteiger partial charge in [-0.05, 0) is 55.3 Å². The van der Waals surface area contributed by atoms with Gasteiger partial charge in [0.2, 0.25) is 0 Å². The molecule has 0 spiro atoms. The topological polar surface area (TPSA) is 38.3 Å². The van der Waals surface area contributed by atoms with Crippen molar-refractivity contribution in [1.29, 1.82) is 0 Å². The quantitative estimate of drug-likeness (QED) is 0.686. The number of hydrogen-bond acceptors (Lipinski definition) is 2. The number of benzene rings is 2. The van der Waals surface area contributed by atoms with Gasteiger partial charge < -0.3 is 4.74 Å². The molecule has 110 valence electrons. The molecule has 2 rings (SSSR count). The molecule has 6 heteroatoms. The van der Waals surface area contributed by atoms with E-state index in [1.54, 1.807) is 24.3 Å². The number of hydrogen-bond donors (Lipinski definition) is 1. The van der Waals surface area contributed by atoms with Crippen LogP contribution in [0.4, 0.5) is 10.5 Å². The summed E-state index contributed by atoms with van der Waals surface area (Å²) in [5.41, 5.74) is 2.23. The van der Waals surface area contributed by atoms with Crippen molar-refractivity contribution in [3.63, 3.8) is 0 Å². The van der Waals surface area contributed by atoms with Gasteiger partial charge in [-0.1, -0.05) is 39.1 Å². The second kappa shape index (κ2) is 6.69. The van der Waals surface area contributed by atoms with E-state index in [1.807, 2.05) is 19.9 Å². The van der Waals surface area contributed by atoms with Crippen LogP contribution in [0, 0.1) is 13.8 Å². The largest absolute Gasteiger partial charge is 0.417 e. The molecule has 0 aliphatic carbocycles. The van der Waals surface area contributed by atoms with Crippen LogP contribution in [0.5, 0.6) is 5.75 Å². The summed E-state index contributed by atoms with van der Waals surface area (Å²) >= 11 is 15.3. The minimum atomic E-state index is -0.621. The van der Waals surface area contributed by atoms with E-state index < -0.39 is 6.09 Å². The Kier molecular flexibility index (Phi) is 5.14. The second-order valence-electron chi connectivity index (χ2n) is 4.51. The average Bonchev–Trinajstić information content (AvgIpc) is 2.40. The molecule has 0 aliphatic heterocycles. The van der Waals surface area contributed by atoms with Crippen LogP contribution in [-0.4, -0.2) is 6.09 Å². The van der Waals surface area contributed by atoms with Crippen LogP contribution in [0.3, 0.4) is 0 Å². The lowest BCUT2D eigenvalue weighted by Gasteiger charge is -2.11. The maximum atomic E-state index is 11.9. The highest BCUT2D eigenvalue weighted by atomic mass is 79.9. The maximum absolute atomic E-state index is 11.9. The Morgan fingerprint density at radius 3 is 2.57 bits per heavy atom. The third-order valence-electron chi connectivity index (χ3n) is 2.82. The number of halogens is 3. The average molecular weight is 389 g/mol. The highest BCUT2D eigenvalue weighted by molar-refractivity contribution is 9.10. The molecule has 0 bridgehead atoms. The van der Waals surface area contributed by atoms with Gasteiger partial charge in [0.15, 0.2) is 0 Å². The molecular formula is C15H12BrCl2NO2. The van der Waals surface area contributed by atoms with Gasteiger partial charge in [-0.2, -0.15) is 0 Å². The van der Waals surface area contributed by atoms with E-state index in [1.165, 1.54) is 0 Å². The van der Waals surface area contributed by atoms with Gasteiger partial charge in [0.1, 0.15) is 5.75 Å². The Labute approximate surface area is 141 Å². The Morgan fingerprint density at radius 1 is 1.14 bits per heavy atom. The molecule has 0 radical (unpaired) electrons. The van der Waals surface area contributed by atoms with Crippen LogP contribution < -0.4 is 10.1 Å². The first-order valence-corrected chi connectivity index (χ1v) is 7.62. The lowest BCUT2D eigenvalue weighted by Crippen LogP contribution is -2.17. The molecule has 3 nitrogen and oxygen atoms in total. The Bertz CT molecular complexity index is 704. The standard InChI is InChI=1S/C15H12BrCl2NO2/c1-8-6-14(9(2)5-11(8)16)21-15(20)19-13-7-10(17)3-4-12(13)18/h3-7H,1-2H3,(H,19,20).